The summed E-state index contributed by atoms with van der Waals surface area (Å²) in [7, 11) is 1.43. The van der Waals surface area contributed by atoms with E-state index in [1.807, 2.05) is 0 Å². The number of unbranched alkanes of at least 4 members (excludes halogenated alkanes) is 3. The van der Waals surface area contributed by atoms with E-state index >= 15 is 0 Å². The van der Waals surface area contributed by atoms with Crippen LogP contribution in [0.1, 0.15) is 38.5 Å². The topological polar surface area (TPSA) is 44.8 Å². The zero-order chi connectivity index (χ0) is 10.9. The van der Waals surface area contributed by atoms with E-state index in [1.54, 1.807) is 0 Å². The van der Waals surface area contributed by atoms with Gasteiger partial charge in [0.25, 0.3) is 0 Å². The highest BCUT2D eigenvalue weighted by Gasteiger charge is 2.14. The monoisotopic (exact) mass is 216 g/mol. The van der Waals surface area contributed by atoms with Gasteiger partial charge >= 0.3 is 5.97 Å². The molecule has 1 fully saturated rings. The van der Waals surface area contributed by atoms with Crippen molar-refractivity contribution in [3.8, 4) is 0 Å². The molecule has 0 aromatic carbocycles. The normalized spacial score (nSPS) is 16.9. The van der Waals surface area contributed by atoms with Crippen molar-refractivity contribution in [2.75, 3.05) is 20.3 Å². The SMILES string of the molecule is COC(=O)CCCCCCC1OCCO1. The molecule has 4 nitrogen and oxygen atoms in total. The van der Waals surface area contributed by atoms with E-state index in [-0.39, 0.29) is 12.3 Å². The fourth-order valence-electron chi connectivity index (χ4n) is 1.61. The largest absolute Gasteiger partial charge is 0.469 e. The first kappa shape index (κ1) is 12.5. The van der Waals surface area contributed by atoms with Gasteiger partial charge in [-0.15, -0.1) is 0 Å². The molecule has 0 amide bonds. The molecule has 0 atom stereocenters. The molecular weight excluding hydrogens is 196 g/mol. The number of rotatable bonds is 7. The Morgan fingerprint density at radius 1 is 1.20 bits per heavy atom. The Kier molecular flexibility index (Phi) is 6.36. The van der Waals surface area contributed by atoms with Gasteiger partial charge in [-0.2, -0.15) is 0 Å². The van der Waals surface area contributed by atoms with E-state index in [0.29, 0.717) is 6.42 Å². The van der Waals surface area contributed by atoms with Crippen molar-refractivity contribution < 1.29 is 19.0 Å². The second-order valence-corrected chi connectivity index (χ2v) is 3.70. The van der Waals surface area contributed by atoms with Crippen LogP contribution in [0.5, 0.6) is 0 Å². The number of methoxy groups -OCH3 is 1. The lowest BCUT2D eigenvalue weighted by Gasteiger charge is -2.07. The lowest BCUT2D eigenvalue weighted by atomic mass is 10.1. The highest BCUT2D eigenvalue weighted by Crippen LogP contribution is 2.13. The minimum Gasteiger partial charge on any atom is -0.469 e. The molecular formula is C11H20O4. The molecule has 0 aromatic rings. The Hall–Kier alpha value is -0.610. The van der Waals surface area contributed by atoms with Gasteiger partial charge in [-0.25, -0.2) is 0 Å². The summed E-state index contributed by atoms with van der Waals surface area (Å²) in [6.45, 7) is 1.46. The van der Waals surface area contributed by atoms with Gasteiger partial charge < -0.3 is 14.2 Å². The molecule has 4 heteroatoms. The van der Waals surface area contributed by atoms with Crippen LogP contribution in [0.3, 0.4) is 0 Å². The highest BCUT2D eigenvalue weighted by molar-refractivity contribution is 5.68. The van der Waals surface area contributed by atoms with Crippen molar-refractivity contribution in [1.82, 2.24) is 0 Å². The molecule has 0 N–H and O–H groups in total. The van der Waals surface area contributed by atoms with Crippen LogP contribution < -0.4 is 0 Å². The summed E-state index contributed by atoms with van der Waals surface area (Å²) in [5.41, 5.74) is 0. The first-order valence-corrected chi connectivity index (χ1v) is 5.63. The number of hydrogen-bond acceptors (Lipinski definition) is 4. The Bertz CT molecular complexity index is 175. The third-order valence-electron chi connectivity index (χ3n) is 2.49. The lowest BCUT2D eigenvalue weighted by Crippen LogP contribution is -2.06. The maximum atomic E-state index is 10.8. The lowest BCUT2D eigenvalue weighted by molar-refractivity contribution is -0.140. The van der Waals surface area contributed by atoms with Crippen LogP contribution in [0.25, 0.3) is 0 Å². The second kappa shape index (κ2) is 7.65. The zero-order valence-corrected chi connectivity index (χ0v) is 9.37. The van der Waals surface area contributed by atoms with Crippen LogP contribution >= 0.6 is 0 Å². The summed E-state index contributed by atoms with van der Waals surface area (Å²) < 4.78 is 15.2. The summed E-state index contributed by atoms with van der Waals surface area (Å²) in [6.07, 6.45) is 5.74. The number of ether oxygens (including phenoxy) is 3. The average Bonchev–Trinajstić information content (AvgIpc) is 2.75. The fraction of sp³-hybridized carbons (Fsp3) is 0.909. The first-order chi connectivity index (χ1) is 7.33. The summed E-state index contributed by atoms with van der Waals surface area (Å²) in [5.74, 6) is -0.113. The van der Waals surface area contributed by atoms with Crippen molar-refractivity contribution >= 4 is 5.97 Å². The molecule has 0 saturated carbocycles. The number of carbonyl (C=O) groups excluding carboxylic acids is 1. The van der Waals surface area contributed by atoms with Crippen molar-refractivity contribution in [2.24, 2.45) is 0 Å². The Morgan fingerprint density at radius 2 is 1.87 bits per heavy atom. The summed E-state index contributed by atoms with van der Waals surface area (Å²) in [4.78, 5) is 10.8. The highest BCUT2D eigenvalue weighted by atomic mass is 16.7. The van der Waals surface area contributed by atoms with Crippen molar-refractivity contribution in [3.63, 3.8) is 0 Å². The first-order valence-electron chi connectivity index (χ1n) is 5.63. The molecule has 1 saturated heterocycles. The maximum Gasteiger partial charge on any atom is 0.305 e. The van der Waals surface area contributed by atoms with E-state index in [9.17, 15) is 4.79 Å². The Labute approximate surface area is 90.9 Å². The summed E-state index contributed by atoms with van der Waals surface area (Å²) in [6, 6.07) is 0. The van der Waals surface area contributed by atoms with Gasteiger partial charge in [-0.3, -0.25) is 4.79 Å². The van der Waals surface area contributed by atoms with Gasteiger partial charge in [0.05, 0.1) is 20.3 Å². The van der Waals surface area contributed by atoms with Crippen molar-refractivity contribution in [2.45, 2.75) is 44.8 Å². The van der Waals surface area contributed by atoms with Crippen molar-refractivity contribution in [1.29, 1.82) is 0 Å². The van der Waals surface area contributed by atoms with Crippen molar-refractivity contribution in [3.05, 3.63) is 0 Å². The molecule has 1 rings (SSSR count). The molecule has 15 heavy (non-hydrogen) atoms. The predicted octanol–water partition coefficient (Wildman–Crippen LogP) is 1.87. The molecule has 1 aliphatic heterocycles. The van der Waals surface area contributed by atoms with Crippen LogP contribution in [0.2, 0.25) is 0 Å². The second-order valence-electron chi connectivity index (χ2n) is 3.70. The molecule has 88 valence electrons. The van der Waals surface area contributed by atoms with Gasteiger partial charge in [0.2, 0.25) is 0 Å². The zero-order valence-electron chi connectivity index (χ0n) is 9.37. The molecule has 0 spiro atoms. The van der Waals surface area contributed by atoms with E-state index in [0.717, 1.165) is 45.3 Å². The van der Waals surface area contributed by atoms with E-state index in [2.05, 4.69) is 4.74 Å². The quantitative estimate of drug-likeness (QED) is 0.481. The Balaban J connectivity index is 1.82. The van der Waals surface area contributed by atoms with E-state index < -0.39 is 0 Å². The number of hydrogen-bond donors (Lipinski definition) is 0. The molecule has 1 aliphatic rings. The van der Waals surface area contributed by atoms with Gasteiger partial charge in [0.1, 0.15) is 0 Å². The standard InChI is InChI=1S/C11H20O4/c1-13-10(12)6-4-2-3-5-7-11-14-8-9-15-11/h11H,2-9H2,1H3. The summed E-state index contributed by atoms with van der Waals surface area (Å²) in [5, 5.41) is 0. The van der Waals surface area contributed by atoms with Gasteiger partial charge in [0, 0.05) is 6.42 Å². The van der Waals surface area contributed by atoms with Crippen LogP contribution in [-0.4, -0.2) is 32.6 Å². The maximum absolute atomic E-state index is 10.8. The van der Waals surface area contributed by atoms with Crippen LogP contribution in [0.15, 0.2) is 0 Å². The predicted molar refractivity (Wildman–Crippen MR) is 55.4 cm³/mol. The minimum atomic E-state index is -0.113. The third kappa shape index (κ3) is 5.74. The number of carbonyl (C=O) groups is 1. The average molecular weight is 216 g/mol. The Morgan fingerprint density at radius 3 is 2.53 bits per heavy atom. The molecule has 0 aliphatic carbocycles. The number of esters is 1. The molecule has 1 heterocycles. The van der Waals surface area contributed by atoms with Crippen LogP contribution in [-0.2, 0) is 19.0 Å². The van der Waals surface area contributed by atoms with Crippen LogP contribution in [0.4, 0.5) is 0 Å². The molecule has 0 bridgehead atoms. The molecule has 0 radical (unpaired) electrons. The molecule has 0 unspecified atom stereocenters. The molecule has 0 aromatic heterocycles. The van der Waals surface area contributed by atoms with E-state index in [1.165, 1.54) is 7.11 Å². The van der Waals surface area contributed by atoms with Gasteiger partial charge in [-0.1, -0.05) is 12.8 Å². The summed E-state index contributed by atoms with van der Waals surface area (Å²) >= 11 is 0. The third-order valence-corrected chi connectivity index (χ3v) is 2.49. The van der Waals surface area contributed by atoms with E-state index in [4.69, 9.17) is 9.47 Å². The minimum absolute atomic E-state index is 0.0191. The van der Waals surface area contributed by atoms with Crippen LogP contribution in [0, 0.1) is 0 Å². The smallest absolute Gasteiger partial charge is 0.305 e. The van der Waals surface area contributed by atoms with Gasteiger partial charge in [-0.05, 0) is 19.3 Å². The van der Waals surface area contributed by atoms with Gasteiger partial charge in [0.15, 0.2) is 6.29 Å². The fourth-order valence-corrected chi connectivity index (χ4v) is 1.61.